The van der Waals surface area contributed by atoms with Gasteiger partial charge in [0.25, 0.3) is 0 Å². The zero-order chi connectivity index (χ0) is 20.5. The average molecular weight is 380 g/mol. The Bertz CT molecular complexity index is 642. The highest BCUT2D eigenvalue weighted by Crippen LogP contribution is 2.40. The third-order valence-electron chi connectivity index (χ3n) is 5.01. The topological polar surface area (TPSA) is 38.8 Å². The van der Waals surface area contributed by atoms with E-state index in [0.29, 0.717) is 0 Å². The van der Waals surface area contributed by atoms with Crippen molar-refractivity contribution in [3.8, 4) is 0 Å². The van der Waals surface area contributed by atoms with E-state index in [1.54, 1.807) is 11.9 Å². The van der Waals surface area contributed by atoms with Gasteiger partial charge in [-0.05, 0) is 69.9 Å². The Morgan fingerprint density at radius 3 is 2.12 bits per heavy atom. The van der Waals surface area contributed by atoms with Crippen LogP contribution in [0.2, 0.25) is 18.1 Å². The number of benzene rings is 1. The molecule has 148 valence electrons. The van der Waals surface area contributed by atoms with E-state index in [-0.39, 0.29) is 17.2 Å². The van der Waals surface area contributed by atoms with E-state index in [0.717, 1.165) is 16.8 Å². The van der Waals surface area contributed by atoms with E-state index in [9.17, 15) is 4.79 Å². The van der Waals surface area contributed by atoms with Crippen molar-refractivity contribution in [2.45, 2.75) is 85.2 Å². The van der Waals surface area contributed by atoms with Crippen LogP contribution in [-0.2, 0) is 9.16 Å². The molecule has 0 N–H and O–H groups in total. The molecular formula is C21H37NO3Si. The van der Waals surface area contributed by atoms with Crippen molar-refractivity contribution in [3.63, 3.8) is 0 Å². The largest absolute Gasteiger partial charge is 0.443 e. The minimum Gasteiger partial charge on any atom is -0.443 e. The lowest BCUT2D eigenvalue weighted by Crippen LogP contribution is -2.41. The van der Waals surface area contributed by atoms with Gasteiger partial charge in [0.2, 0.25) is 0 Å². The number of ether oxygens (including phenoxy) is 1. The normalized spacial score (nSPS) is 14.1. The zero-order valence-electron chi connectivity index (χ0n) is 18.5. The number of hydrogen-bond donors (Lipinski definition) is 0. The fraction of sp³-hybridized carbons (Fsp3) is 0.667. The first-order chi connectivity index (χ1) is 11.5. The molecular weight excluding hydrogens is 342 g/mol. The maximum Gasteiger partial charge on any atom is 0.414 e. The lowest BCUT2D eigenvalue weighted by molar-refractivity contribution is 0.0589. The molecule has 1 atom stereocenters. The van der Waals surface area contributed by atoms with Crippen molar-refractivity contribution >= 4 is 20.1 Å². The van der Waals surface area contributed by atoms with Crippen LogP contribution in [0.5, 0.6) is 0 Å². The first-order valence-corrected chi connectivity index (χ1v) is 12.2. The second kappa shape index (κ2) is 7.73. The lowest BCUT2D eigenvalue weighted by atomic mass is 10.1. The monoisotopic (exact) mass is 379 g/mol. The van der Waals surface area contributed by atoms with Crippen LogP contribution in [0.4, 0.5) is 10.5 Å². The minimum atomic E-state index is -1.87. The fourth-order valence-electron chi connectivity index (χ4n) is 2.36. The molecule has 1 aromatic rings. The summed E-state index contributed by atoms with van der Waals surface area (Å²) < 4.78 is 12.0. The van der Waals surface area contributed by atoms with Gasteiger partial charge in [-0.25, -0.2) is 4.79 Å². The van der Waals surface area contributed by atoms with E-state index in [1.165, 1.54) is 0 Å². The van der Waals surface area contributed by atoms with Gasteiger partial charge in [0.05, 0.1) is 6.10 Å². The van der Waals surface area contributed by atoms with Gasteiger partial charge in [-0.1, -0.05) is 32.9 Å². The van der Waals surface area contributed by atoms with Crippen LogP contribution in [0.15, 0.2) is 18.2 Å². The van der Waals surface area contributed by atoms with Crippen LogP contribution in [0, 0.1) is 6.92 Å². The second-order valence-corrected chi connectivity index (χ2v) is 14.4. The molecule has 1 unspecified atom stereocenters. The van der Waals surface area contributed by atoms with Crippen molar-refractivity contribution < 1.29 is 14.0 Å². The summed E-state index contributed by atoms with van der Waals surface area (Å²) in [5.41, 5.74) is 2.44. The average Bonchev–Trinajstić information content (AvgIpc) is 2.43. The van der Waals surface area contributed by atoms with E-state index in [2.05, 4.69) is 46.9 Å². The number of hydrogen-bond acceptors (Lipinski definition) is 3. The molecule has 26 heavy (non-hydrogen) atoms. The molecule has 0 fully saturated rings. The number of rotatable bonds is 4. The Hall–Kier alpha value is -1.33. The third kappa shape index (κ3) is 5.85. The van der Waals surface area contributed by atoms with Crippen molar-refractivity contribution in [1.82, 2.24) is 0 Å². The van der Waals surface area contributed by atoms with Crippen LogP contribution < -0.4 is 4.90 Å². The van der Waals surface area contributed by atoms with Gasteiger partial charge in [0.1, 0.15) is 5.60 Å². The molecule has 0 spiro atoms. The summed E-state index contributed by atoms with van der Waals surface area (Å²) >= 11 is 0. The zero-order valence-corrected chi connectivity index (χ0v) is 19.5. The van der Waals surface area contributed by atoms with E-state index < -0.39 is 13.9 Å². The van der Waals surface area contributed by atoms with Crippen molar-refractivity contribution in [3.05, 3.63) is 29.3 Å². The van der Waals surface area contributed by atoms with Gasteiger partial charge < -0.3 is 9.16 Å². The van der Waals surface area contributed by atoms with Crippen molar-refractivity contribution in [1.29, 1.82) is 0 Å². The highest BCUT2D eigenvalue weighted by molar-refractivity contribution is 6.74. The first-order valence-electron chi connectivity index (χ1n) is 9.30. The summed E-state index contributed by atoms with van der Waals surface area (Å²) in [5, 5.41) is 0.155. The Morgan fingerprint density at radius 1 is 1.12 bits per heavy atom. The molecule has 0 saturated carbocycles. The summed E-state index contributed by atoms with van der Waals surface area (Å²) in [7, 11) is -0.118. The van der Waals surface area contributed by atoms with Gasteiger partial charge in [-0.3, -0.25) is 4.90 Å². The summed E-state index contributed by atoms with van der Waals surface area (Å²) in [6.45, 7) is 20.9. The Balaban J connectivity index is 3.08. The number of amides is 1. The summed E-state index contributed by atoms with van der Waals surface area (Å²) in [4.78, 5) is 14.0. The molecule has 0 heterocycles. The van der Waals surface area contributed by atoms with Gasteiger partial charge in [0.15, 0.2) is 8.32 Å². The molecule has 1 amide bonds. The SMILES string of the molecule is Cc1ccc(C(C)O[Si](C)(C)C(C)(C)C)cc1N(C)C(=O)OC(C)(C)C. The maximum atomic E-state index is 12.4. The molecule has 1 rings (SSSR count). The Kier molecular flexibility index (Phi) is 6.75. The highest BCUT2D eigenvalue weighted by Gasteiger charge is 2.38. The quantitative estimate of drug-likeness (QED) is 0.564. The number of aryl methyl sites for hydroxylation is 1. The number of carbonyl (C=O) groups excluding carboxylic acids is 1. The molecule has 1 aromatic carbocycles. The van der Waals surface area contributed by atoms with Gasteiger partial charge in [-0.15, -0.1) is 0 Å². The van der Waals surface area contributed by atoms with Crippen LogP contribution >= 0.6 is 0 Å². The molecule has 0 aromatic heterocycles. The number of anilines is 1. The van der Waals surface area contributed by atoms with Gasteiger partial charge in [-0.2, -0.15) is 0 Å². The van der Waals surface area contributed by atoms with Crippen molar-refractivity contribution in [2.24, 2.45) is 0 Å². The predicted molar refractivity (Wildman–Crippen MR) is 113 cm³/mol. The fourth-order valence-corrected chi connectivity index (χ4v) is 3.73. The molecule has 0 radical (unpaired) electrons. The van der Waals surface area contributed by atoms with Crippen LogP contribution in [0.1, 0.15) is 65.7 Å². The smallest absolute Gasteiger partial charge is 0.414 e. The molecule has 0 bridgehead atoms. The molecule has 0 aliphatic carbocycles. The van der Waals surface area contributed by atoms with Gasteiger partial charge in [0, 0.05) is 12.7 Å². The van der Waals surface area contributed by atoms with E-state index in [4.69, 9.17) is 9.16 Å². The van der Waals surface area contributed by atoms with Crippen LogP contribution in [0.3, 0.4) is 0 Å². The second-order valence-electron chi connectivity index (χ2n) is 9.61. The lowest BCUT2D eigenvalue weighted by Gasteiger charge is -2.38. The standard InChI is InChI=1S/C21H37NO3Si/c1-15-12-13-17(16(2)25-26(10,11)21(6,7)8)14-18(15)22(9)19(23)24-20(3,4)5/h12-14,16H,1-11H3. The Morgan fingerprint density at radius 2 is 1.65 bits per heavy atom. The first kappa shape index (κ1) is 22.7. The number of nitrogens with zero attached hydrogens (tertiary/aromatic N) is 1. The third-order valence-corrected chi connectivity index (χ3v) is 9.56. The Labute approximate surface area is 161 Å². The summed E-state index contributed by atoms with van der Waals surface area (Å²) in [5.74, 6) is 0. The highest BCUT2D eigenvalue weighted by atomic mass is 28.4. The summed E-state index contributed by atoms with van der Waals surface area (Å²) in [6.07, 6.45) is -0.377. The predicted octanol–water partition coefficient (Wildman–Crippen LogP) is 6.45. The molecule has 5 heteroatoms. The summed E-state index contributed by atoms with van der Waals surface area (Å²) in [6, 6.07) is 6.16. The van der Waals surface area contributed by atoms with Crippen molar-refractivity contribution in [2.75, 3.05) is 11.9 Å². The van der Waals surface area contributed by atoms with Crippen LogP contribution in [0.25, 0.3) is 0 Å². The van der Waals surface area contributed by atoms with Crippen LogP contribution in [-0.4, -0.2) is 27.1 Å². The van der Waals surface area contributed by atoms with E-state index >= 15 is 0 Å². The molecule has 0 aliphatic heterocycles. The number of carbonyl (C=O) groups is 1. The van der Waals surface area contributed by atoms with E-state index in [1.807, 2.05) is 39.8 Å². The molecule has 4 nitrogen and oxygen atoms in total. The molecule has 0 saturated heterocycles. The maximum absolute atomic E-state index is 12.4. The minimum absolute atomic E-state index is 0.0257. The van der Waals surface area contributed by atoms with Gasteiger partial charge >= 0.3 is 6.09 Å². The molecule has 0 aliphatic rings.